The number of methoxy groups -OCH3 is 1. The minimum atomic E-state index is -0.283. The third-order valence-corrected chi connectivity index (χ3v) is 4.32. The number of aromatic amines is 2. The number of hydrogen-bond donors (Lipinski definition) is 3. The van der Waals surface area contributed by atoms with Crippen LogP contribution in [0.2, 0.25) is 0 Å². The average Bonchev–Trinajstić information content (AvgIpc) is 3.28. The topological polar surface area (TPSA) is 86.8 Å². The molecule has 0 saturated carbocycles. The van der Waals surface area contributed by atoms with E-state index in [4.69, 9.17) is 4.74 Å². The molecule has 0 aliphatic rings. The summed E-state index contributed by atoms with van der Waals surface area (Å²) >= 11 is 0. The van der Waals surface area contributed by atoms with Gasteiger partial charge in [-0.3, -0.25) is 5.10 Å². The lowest BCUT2D eigenvalue weighted by Crippen LogP contribution is -1.91. The molecule has 0 aliphatic heterocycles. The maximum atomic E-state index is 13.7. The summed E-state index contributed by atoms with van der Waals surface area (Å²) in [7, 11) is 1.57. The number of aromatic nitrogens is 4. The molecule has 0 saturated heterocycles. The molecule has 132 valence electrons. The van der Waals surface area contributed by atoms with Gasteiger partial charge in [0.1, 0.15) is 17.3 Å². The van der Waals surface area contributed by atoms with E-state index in [-0.39, 0.29) is 12.4 Å². The van der Waals surface area contributed by atoms with E-state index in [9.17, 15) is 9.50 Å². The molecular weight excluding hydrogens is 335 g/mol. The van der Waals surface area contributed by atoms with Crippen molar-refractivity contribution < 1.29 is 14.2 Å². The van der Waals surface area contributed by atoms with Crippen LogP contribution >= 0.6 is 0 Å². The third kappa shape index (κ3) is 2.72. The van der Waals surface area contributed by atoms with Gasteiger partial charge in [0.05, 0.1) is 30.4 Å². The summed E-state index contributed by atoms with van der Waals surface area (Å²) in [4.78, 5) is 7.61. The number of nitrogens with zero attached hydrogens (tertiary/aromatic N) is 2. The summed E-state index contributed by atoms with van der Waals surface area (Å²) in [6.45, 7) is 1.66. The van der Waals surface area contributed by atoms with Crippen molar-refractivity contribution in [3.05, 3.63) is 53.3 Å². The van der Waals surface area contributed by atoms with Crippen molar-refractivity contribution in [1.82, 2.24) is 20.2 Å². The number of aliphatic hydroxyl groups excluding tert-OH is 1. The maximum Gasteiger partial charge on any atom is 0.156 e. The first kappa shape index (κ1) is 16.3. The van der Waals surface area contributed by atoms with E-state index in [0.717, 1.165) is 16.6 Å². The molecule has 0 fully saturated rings. The molecule has 7 heteroatoms. The highest BCUT2D eigenvalue weighted by Gasteiger charge is 2.14. The quantitative estimate of drug-likeness (QED) is 0.524. The summed E-state index contributed by atoms with van der Waals surface area (Å²) in [6.07, 6.45) is 0. The Labute approximate surface area is 148 Å². The Morgan fingerprint density at radius 3 is 2.81 bits per heavy atom. The Morgan fingerprint density at radius 2 is 2.04 bits per heavy atom. The van der Waals surface area contributed by atoms with Crippen LogP contribution in [-0.2, 0) is 6.61 Å². The van der Waals surface area contributed by atoms with Crippen LogP contribution in [0.3, 0.4) is 0 Å². The number of halogens is 1. The predicted octanol–water partition coefficient (Wildman–Crippen LogP) is 3.57. The number of aliphatic hydroxyl groups is 1. The second-order valence-electron chi connectivity index (χ2n) is 6.06. The molecule has 4 rings (SSSR count). The number of fused-ring (bicyclic) bond motifs is 1. The van der Waals surface area contributed by atoms with Gasteiger partial charge < -0.3 is 14.8 Å². The van der Waals surface area contributed by atoms with Crippen molar-refractivity contribution in [2.75, 3.05) is 7.11 Å². The van der Waals surface area contributed by atoms with Gasteiger partial charge in [-0.15, -0.1) is 0 Å². The molecule has 0 radical (unpaired) electrons. The monoisotopic (exact) mass is 352 g/mol. The van der Waals surface area contributed by atoms with Crippen molar-refractivity contribution in [3.63, 3.8) is 0 Å². The fraction of sp³-hybridized carbons (Fsp3) is 0.158. The molecule has 4 aromatic rings. The number of benzene rings is 2. The normalized spacial score (nSPS) is 11.2. The first-order valence-corrected chi connectivity index (χ1v) is 8.09. The van der Waals surface area contributed by atoms with E-state index in [1.54, 1.807) is 26.2 Å². The molecule has 2 aromatic heterocycles. The van der Waals surface area contributed by atoms with Crippen molar-refractivity contribution >= 4 is 11.0 Å². The van der Waals surface area contributed by atoms with Gasteiger partial charge in [-0.05, 0) is 42.3 Å². The smallest absolute Gasteiger partial charge is 0.156 e. The number of H-pyrrole nitrogens is 2. The van der Waals surface area contributed by atoms with E-state index in [2.05, 4.69) is 20.2 Å². The van der Waals surface area contributed by atoms with Crippen LogP contribution in [0, 0.1) is 12.7 Å². The van der Waals surface area contributed by atoms with Gasteiger partial charge in [0.15, 0.2) is 5.82 Å². The lowest BCUT2D eigenvalue weighted by atomic mass is 10.1. The molecule has 0 bridgehead atoms. The number of rotatable bonds is 4. The Morgan fingerprint density at radius 1 is 1.19 bits per heavy atom. The fourth-order valence-electron chi connectivity index (χ4n) is 2.89. The Bertz CT molecular complexity index is 1060. The minimum absolute atomic E-state index is 0.0581. The summed E-state index contributed by atoms with van der Waals surface area (Å²) in [5, 5.41) is 16.5. The van der Waals surface area contributed by atoms with E-state index < -0.39 is 0 Å². The highest BCUT2D eigenvalue weighted by atomic mass is 19.1. The third-order valence-electron chi connectivity index (χ3n) is 4.32. The van der Waals surface area contributed by atoms with Crippen LogP contribution in [0.5, 0.6) is 5.75 Å². The Balaban J connectivity index is 1.75. The lowest BCUT2D eigenvalue weighted by molar-refractivity contribution is 0.281. The summed E-state index contributed by atoms with van der Waals surface area (Å²) < 4.78 is 19.1. The predicted molar refractivity (Wildman–Crippen MR) is 96.3 cm³/mol. The van der Waals surface area contributed by atoms with Gasteiger partial charge in [0.25, 0.3) is 0 Å². The maximum absolute atomic E-state index is 13.7. The van der Waals surface area contributed by atoms with Crippen LogP contribution in [0.4, 0.5) is 4.39 Å². The van der Waals surface area contributed by atoms with Crippen molar-refractivity contribution in [1.29, 1.82) is 0 Å². The molecule has 0 atom stereocenters. The zero-order chi connectivity index (χ0) is 18.3. The largest absolute Gasteiger partial charge is 0.496 e. The SMILES string of the molecule is COc1cc(CO)ccc1-c1cc(-c2nc3cc(F)c(C)cc3[nH]2)[nH]n1. The van der Waals surface area contributed by atoms with Gasteiger partial charge >= 0.3 is 0 Å². The zero-order valence-electron chi connectivity index (χ0n) is 14.3. The molecule has 0 unspecified atom stereocenters. The standard InChI is InChI=1S/C19H17FN4O2/c1-10-5-15-16(7-13(10)20)22-19(21-15)17-8-14(23-24-17)12-4-3-11(9-25)6-18(12)26-2/h3-8,25H,9H2,1-2H3,(H,21,22)(H,23,24). The molecule has 0 spiro atoms. The van der Waals surface area contributed by atoms with Crippen LogP contribution in [0.15, 0.2) is 36.4 Å². The van der Waals surface area contributed by atoms with Gasteiger partial charge in [-0.1, -0.05) is 6.07 Å². The summed E-state index contributed by atoms with van der Waals surface area (Å²) in [5.74, 6) is 0.918. The average molecular weight is 352 g/mol. The molecule has 0 aliphatic carbocycles. The molecule has 6 nitrogen and oxygen atoms in total. The Hall–Kier alpha value is -3.19. The summed E-state index contributed by atoms with van der Waals surface area (Å²) in [5.41, 5.74) is 4.81. The summed E-state index contributed by atoms with van der Waals surface area (Å²) in [6, 6.07) is 10.4. The number of imidazole rings is 1. The highest BCUT2D eigenvalue weighted by Crippen LogP contribution is 2.32. The van der Waals surface area contributed by atoms with Crippen LogP contribution in [0.25, 0.3) is 33.8 Å². The van der Waals surface area contributed by atoms with Crippen molar-refractivity contribution in [2.24, 2.45) is 0 Å². The van der Waals surface area contributed by atoms with E-state index in [0.29, 0.717) is 34.0 Å². The van der Waals surface area contributed by atoms with Crippen LogP contribution in [0.1, 0.15) is 11.1 Å². The molecule has 2 aromatic carbocycles. The first-order valence-electron chi connectivity index (χ1n) is 8.09. The highest BCUT2D eigenvalue weighted by molar-refractivity contribution is 5.80. The molecule has 2 heterocycles. The van der Waals surface area contributed by atoms with Gasteiger partial charge in [0, 0.05) is 11.6 Å². The zero-order valence-corrected chi connectivity index (χ0v) is 14.3. The first-order chi connectivity index (χ1) is 12.6. The van der Waals surface area contributed by atoms with Gasteiger partial charge in [-0.25, -0.2) is 9.37 Å². The van der Waals surface area contributed by atoms with Crippen LogP contribution < -0.4 is 4.74 Å². The number of hydrogen-bond acceptors (Lipinski definition) is 4. The van der Waals surface area contributed by atoms with Gasteiger partial charge in [-0.2, -0.15) is 5.10 Å². The van der Waals surface area contributed by atoms with Crippen molar-refractivity contribution in [3.8, 4) is 28.5 Å². The second-order valence-corrected chi connectivity index (χ2v) is 6.06. The van der Waals surface area contributed by atoms with E-state index >= 15 is 0 Å². The molecule has 3 N–H and O–H groups in total. The number of nitrogens with one attached hydrogen (secondary N) is 2. The molecule has 0 amide bonds. The lowest BCUT2D eigenvalue weighted by Gasteiger charge is -2.07. The fourth-order valence-corrected chi connectivity index (χ4v) is 2.89. The van der Waals surface area contributed by atoms with E-state index in [1.165, 1.54) is 6.07 Å². The van der Waals surface area contributed by atoms with E-state index in [1.807, 2.05) is 18.2 Å². The molecule has 26 heavy (non-hydrogen) atoms. The molecular formula is C19H17FN4O2. The number of aryl methyl sites for hydroxylation is 1. The van der Waals surface area contributed by atoms with Crippen LogP contribution in [-0.4, -0.2) is 32.4 Å². The second kappa shape index (κ2) is 6.27. The Kier molecular flexibility index (Phi) is 3.93. The van der Waals surface area contributed by atoms with Crippen molar-refractivity contribution in [2.45, 2.75) is 13.5 Å². The minimum Gasteiger partial charge on any atom is -0.496 e. The number of ether oxygens (including phenoxy) is 1. The van der Waals surface area contributed by atoms with Gasteiger partial charge in [0.2, 0.25) is 0 Å².